The fourth-order valence-electron chi connectivity index (χ4n) is 3.13. The van der Waals surface area contributed by atoms with Gasteiger partial charge in [-0.3, -0.25) is 14.4 Å². The van der Waals surface area contributed by atoms with E-state index in [2.05, 4.69) is 16.9 Å². The van der Waals surface area contributed by atoms with Crippen LogP contribution in [-0.2, 0) is 18.3 Å². The van der Waals surface area contributed by atoms with Gasteiger partial charge in [-0.1, -0.05) is 6.92 Å². The third kappa shape index (κ3) is 2.89. The largest absolute Gasteiger partial charge is 0.297 e. The van der Waals surface area contributed by atoms with Gasteiger partial charge in [-0.15, -0.1) is 0 Å². The van der Waals surface area contributed by atoms with E-state index in [4.69, 9.17) is 0 Å². The highest BCUT2D eigenvalue weighted by Crippen LogP contribution is 2.36. The molecule has 1 aliphatic carbocycles. The van der Waals surface area contributed by atoms with Gasteiger partial charge in [0, 0.05) is 19.7 Å². The minimum absolute atomic E-state index is 0.262. The summed E-state index contributed by atoms with van der Waals surface area (Å²) in [6, 6.07) is 0. The van der Waals surface area contributed by atoms with Crippen molar-refractivity contribution in [3.63, 3.8) is 0 Å². The van der Waals surface area contributed by atoms with Crippen molar-refractivity contribution < 1.29 is 4.79 Å². The highest BCUT2D eigenvalue weighted by atomic mass is 16.1. The third-order valence-corrected chi connectivity index (χ3v) is 4.60. The molecule has 1 saturated carbocycles. The number of carbonyl (C=O) groups is 1. The standard InChI is InChI=1S/C15H25N3O/c1-12-5-7-15(8-6-12,17(2)3)14(19)9-13-10-16-18(4)11-13/h10-12H,5-9H2,1-4H3. The van der Waals surface area contributed by atoms with Crippen molar-refractivity contribution in [1.29, 1.82) is 0 Å². The van der Waals surface area contributed by atoms with Crippen LogP contribution in [0.25, 0.3) is 0 Å². The van der Waals surface area contributed by atoms with Gasteiger partial charge in [0.15, 0.2) is 5.78 Å². The van der Waals surface area contributed by atoms with Gasteiger partial charge in [0.2, 0.25) is 0 Å². The van der Waals surface area contributed by atoms with E-state index in [-0.39, 0.29) is 5.54 Å². The molecule has 1 heterocycles. The smallest absolute Gasteiger partial charge is 0.157 e. The minimum atomic E-state index is -0.262. The Morgan fingerprint density at radius 3 is 2.58 bits per heavy atom. The lowest BCUT2D eigenvalue weighted by molar-refractivity contribution is -0.131. The van der Waals surface area contributed by atoms with Gasteiger partial charge < -0.3 is 0 Å². The Bertz CT molecular complexity index is 442. The Morgan fingerprint density at radius 1 is 1.47 bits per heavy atom. The molecule has 4 heteroatoms. The van der Waals surface area contributed by atoms with Gasteiger partial charge in [0.1, 0.15) is 0 Å². The van der Waals surface area contributed by atoms with Crippen LogP contribution < -0.4 is 0 Å². The number of nitrogens with zero attached hydrogens (tertiary/aromatic N) is 3. The second kappa shape index (κ2) is 5.45. The van der Waals surface area contributed by atoms with E-state index >= 15 is 0 Å². The van der Waals surface area contributed by atoms with E-state index in [1.165, 1.54) is 0 Å². The number of rotatable bonds is 4. The molecule has 1 fully saturated rings. The Kier molecular flexibility index (Phi) is 4.09. The summed E-state index contributed by atoms with van der Waals surface area (Å²) in [6.45, 7) is 2.28. The van der Waals surface area contributed by atoms with Gasteiger partial charge in [-0.2, -0.15) is 5.10 Å². The van der Waals surface area contributed by atoms with E-state index in [0.29, 0.717) is 12.2 Å². The molecule has 0 aromatic carbocycles. The molecule has 2 rings (SSSR count). The molecule has 0 saturated heterocycles. The van der Waals surface area contributed by atoms with E-state index in [0.717, 1.165) is 37.2 Å². The summed E-state index contributed by atoms with van der Waals surface area (Å²) < 4.78 is 1.76. The SMILES string of the molecule is CC1CCC(C(=O)Cc2cnn(C)c2)(N(C)C)CC1. The first-order chi connectivity index (χ1) is 8.94. The van der Waals surface area contributed by atoms with Crippen molar-refractivity contribution in [2.45, 2.75) is 44.6 Å². The van der Waals surface area contributed by atoms with Crippen LogP contribution in [0.4, 0.5) is 0 Å². The van der Waals surface area contributed by atoms with Crippen LogP contribution in [-0.4, -0.2) is 40.1 Å². The fourth-order valence-corrected chi connectivity index (χ4v) is 3.13. The van der Waals surface area contributed by atoms with Crippen LogP contribution in [0.3, 0.4) is 0 Å². The fraction of sp³-hybridized carbons (Fsp3) is 0.733. The zero-order valence-corrected chi connectivity index (χ0v) is 12.5. The molecule has 0 aliphatic heterocycles. The Morgan fingerprint density at radius 2 is 2.11 bits per heavy atom. The first-order valence-corrected chi connectivity index (χ1v) is 7.12. The van der Waals surface area contributed by atoms with Crippen molar-refractivity contribution in [3.8, 4) is 0 Å². The summed E-state index contributed by atoms with van der Waals surface area (Å²) >= 11 is 0. The number of aryl methyl sites for hydroxylation is 1. The molecule has 1 aliphatic rings. The van der Waals surface area contributed by atoms with E-state index < -0.39 is 0 Å². The quantitative estimate of drug-likeness (QED) is 0.834. The van der Waals surface area contributed by atoms with Gasteiger partial charge >= 0.3 is 0 Å². The molecule has 19 heavy (non-hydrogen) atoms. The predicted molar refractivity (Wildman–Crippen MR) is 76.0 cm³/mol. The first kappa shape index (κ1) is 14.3. The number of Topliss-reactive ketones (excluding diaryl/α,β-unsaturated/α-hetero) is 1. The zero-order valence-electron chi connectivity index (χ0n) is 12.5. The molecule has 0 bridgehead atoms. The molecule has 0 radical (unpaired) electrons. The average Bonchev–Trinajstić information content (AvgIpc) is 2.75. The average molecular weight is 263 g/mol. The molecule has 0 N–H and O–H groups in total. The maximum atomic E-state index is 12.8. The van der Waals surface area contributed by atoms with Gasteiger partial charge in [-0.05, 0) is 51.3 Å². The van der Waals surface area contributed by atoms with Crippen LogP contribution in [0.2, 0.25) is 0 Å². The van der Waals surface area contributed by atoms with Gasteiger partial charge in [0.25, 0.3) is 0 Å². The summed E-state index contributed by atoms with van der Waals surface area (Å²) in [4.78, 5) is 14.9. The topological polar surface area (TPSA) is 38.1 Å². The monoisotopic (exact) mass is 263 g/mol. The van der Waals surface area contributed by atoms with Crippen LogP contribution in [0.5, 0.6) is 0 Å². The summed E-state index contributed by atoms with van der Waals surface area (Å²) in [5, 5.41) is 4.15. The first-order valence-electron chi connectivity index (χ1n) is 7.12. The van der Waals surface area contributed by atoms with Gasteiger partial charge in [0.05, 0.1) is 11.7 Å². The molecule has 106 valence electrons. The molecule has 1 aromatic heterocycles. The summed E-state index contributed by atoms with van der Waals surface area (Å²) in [7, 11) is 5.96. The molecule has 0 spiro atoms. The summed E-state index contributed by atoms with van der Waals surface area (Å²) in [5.74, 6) is 1.09. The van der Waals surface area contributed by atoms with Crippen LogP contribution in [0.1, 0.15) is 38.2 Å². The second-order valence-corrected chi connectivity index (χ2v) is 6.23. The van der Waals surface area contributed by atoms with E-state index in [1.54, 1.807) is 10.9 Å². The van der Waals surface area contributed by atoms with Gasteiger partial charge in [-0.25, -0.2) is 0 Å². The van der Waals surface area contributed by atoms with Crippen molar-refractivity contribution in [1.82, 2.24) is 14.7 Å². The molecule has 0 amide bonds. The normalized spacial score (nSPS) is 27.7. The van der Waals surface area contributed by atoms with Crippen molar-refractivity contribution in [3.05, 3.63) is 18.0 Å². The maximum absolute atomic E-state index is 12.8. The van der Waals surface area contributed by atoms with Crippen molar-refractivity contribution in [2.24, 2.45) is 13.0 Å². The lowest BCUT2D eigenvalue weighted by Crippen LogP contribution is -2.53. The van der Waals surface area contributed by atoms with Crippen LogP contribution in [0, 0.1) is 5.92 Å². The van der Waals surface area contributed by atoms with Crippen molar-refractivity contribution in [2.75, 3.05) is 14.1 Å². The third-order valence-electron chi connectivity index (χ3n) is 4.60. The second-order valence-electron chi connectivity index (χ2n) is 6.23. The molecule has 4 nitrogen and oxygen atoms in total. The summed E-state index contributed by atoms with van der Waals surface area (Å²) in [6.07, 6.45) is 8.51. The number of ketones is 1. The van der Waals surface area contributed by atoms with Crippen LogP contribution in [0.15, 0.2) is 12.4 Å². The highest BCUT2D eigenvalue weighted by molar-refractivity contribution is 5.90. The maximum Gasteiger partial charge on any atom is 0.157 e. The number of likely N-dealkylation sites (N-methyl/N-ethyl adjacent to an activating group) is 1. The lowest BCUT2D eigenvalue weighted by Gasteiger charge is -2.43. The Balaban J connectivity index is 2.13. The molecule has 0 atom stereocenters. The number of hydrogen-bond acceptors (Lipinski definition) is 3. The van der Waals surface area contributed by atoms with Crippen molar-refractivity contribution >= 4 is 5.78 Å². The molecular weight excluding hydrogens is 238 g/mol. The zero-order chi connectivity index (χ0) is 14.0. The number of carbonyl (C=O) groups excluding carboxylic acids is 1. The highest BCUT2D eigenvalue weighted by Gasteiger charge is 2.42. The Labute approximate surface area is 115 Å². The minimum Gasteiger partial charge on any atom is -0.297 e. The van der Waals surface area contributed by atoms with Crippen LogP contribution >= 0.6 is 0 Å². The Hall–Kier alpha value is -1.16. The van der Waals surface area contributed by atoms with E-state index in [1.807, 2.05) is 27.3 Å². The molecule has 0 unspecified atom stereocenters. The molecular formula is C15H25N3O. The lowest BCUT2D eigenvalue weighted by atomic mass is 9.73. The number of hydrogen-bond donors (Lipinski definition) is 0. The molecule has 1 aromatic rings. The predicted octanol–water partition coefficient (Wildman–Crippen LogP) is 2.04. The summed E-state index contributed by atoms with van der Waals surface area (Å²) in [5.41, 5.74) is 0.759. The number of aromatic nitrogens is 2. The van der Waals surface area contributed by atoms with E-state index in [9.17, 15) is 4.79 Å².